The molecule has 5 nitrogen and oxygen atoms in total. The van der Waals surface area contributed by atoms with Gasteiger partial charge in [-0.1, -0.05) is 12.1 Å². The predicted molar refractivity (Wildman–Crippen MR) is 88.2 cm³/mol. The van der Waals surface area contributed by atoms with E-state index < -0.39 is 5.60 Å². The largest absolute Gasteiger partial charge is 0.389 e. The molecule has 0 unspecified atom stereocenters. The Morgan fingerprint density at radius 2 is 2.17 bits per heavy atom. The molecule has 1 N–H and O–H groups in total. The minimum Gasteiger partial charge on any atom is -0.389 e. The van der Waals surface area contributed by atoms with Gasteiger partial charge >= 0.3 is 0 Å². The SMILES string of the molecule is N#Cc1cccc(CN2C[C@H]3COCC[C@@]3(O)[C@@H]3COCC[C@@H]32)c1. The quantitative estimate of drug-likeness (QED) is 0.892. The molecule has 0 aliphatic carbocycles. The number of hydrogen-bond acceptors (Lipinski definition) is 5. The summed E-state index contributed by atoms with van der Waals surface area (Å²) in [7, 11) is 0. The van der Waals surface area contributed by atoms with Crippen molar-refractivity contribution in [1.82, 2.24) is 4.90 Å². The fourth-order valence-electron chi connectivity index (χ4n) is 4.72. The van der Waals surface area contributed by atoms with E-state index >= 15 is 0 Å². The fraction of sp³-hybridized carbons (Fsp3) is 0.632. The van der Waals surface area contributed by atoms with E-state index in [-0.39, 0.29) is 11.8 Å². The van der Waals surface area contributed by atoms with Crippen LogP contribution in [0.4, 0.5) is 0 Å². The molecule has 4 rings (SSSR count). The lowest BCUT2D eigenvalue weighted by Gasteiger charge is -2.57. The molecule has 0 amide bonds. The minimum absolute atomic E-state index is 0.133. The summed E-state index contributed by atoms with van der Waals surface area (Å²) >= 11 is 0. The fourth-order valence-corrected chi connectivity index (χ4v) is 4.72. The number of nitrogens with zero attached hydrogens (tertiary/aromatic N) is 2. The number of aliphatic hydroxyl groups is 1. The number of nitriles is 1. The Morgan fingerprint density at radius 3 is 3.04 bits per heavy atom. The summed E-state index contributed by atoms with van der Waals surface area (Å²) in [6.45, 7) is 4.30. The number of ether oxygens (including phenoxy) is 2. The lowest BCUT2D eigenvalue weighted by Crippen LogP contribution is -2.67. The molecule has 3 saturated heterocycles. The van der Waals surface area contributed by atoms with Crippen molar-refractivity contribution in [3.63, 3.8) is 0 Å². The van der Waals surface area contributed by atoms with Crippen molar-refractivity contribution >= 4 is 0 Å². The molecule has 0 bridgehead atoms. The van der Waals surface area contributed by atoms with E-state index in [1.807, 2.05) is 18.2 Å². The predicted octanol–water partition coefficient (Wildman–Crippen LogP) is 1.55. The highest BCUT2D eigenvalue weighted by atomic mass is 16.5. The maximum Gasteiger partial charge on any atom is 0.0991 e. The average molecular weight is 328 g/mol. The Labute approximate surface area is 142 Å². The molecule has 0 aromatic heterocycles. The van der Waals surface area contributed by atoms with Crippen LogP contribution in [-0.4, -0.2) is 54.6 Å². The van der Waals surface area contributed by atoms with Crippen molar-refractivity contribution in [2.45, 2.75) is 31.0 Å². The number of benzene rings is 1. The van der Waals surface area contributed by atoms with Crippen LogP contribution in [0.1, 0.15) is 24.0 Å². The van der Waals surface area contributed by atoms with Crippen molar-refractivity contribution in [1.29, 1.82) is 5.26 Å². The van der Waals surface area contributed by atoms with Crippen molar-refractivity contribution in [3.05, 3.63) is 35.4 Å². The maximum atomic E-state index is 11.3. The number of fused-ring (bicyclic) bond motifs is 3. The third kappa shape index (κ3) is 2.74. The van der Waals surface area contributed by atoms with Crippen LogP contribution in [0.2, 0.25) is 0 Å². The molecule has 24 heavy (non-hydrogen) atoms. The topological polar surface area (TPSA) is 65.7 Å². The minimum atomic E-state index is -0.658. The Bertz CT molecular complexity index is 644. The van der Waals surface area contributed by atoms with E-state index in [0.29, 0.717) is 37.8 Å². The van der Waals surface area contributed by atoms with E-state index in [4.69, 9.17) is 14.7 Å². The normalized spacial score (nSPS) is 36.4. The molecule has 3 fully saturated rings. The molecule has 3 aliphatic heterocycles. The van der Waals surface area contributed by atoms with E-state index in [9.17, 15) is 5.11 Å². The summed E-state index contributed by atoms with van der Waals surface area (Å²) in [6.07, 6.45) is 1.67. The standard InChI is InChI=1S/C19H24N2O3/c20-9-14-2-1-3-15(8-14)10-21-11-16-12-24-7-5-19(16,22)17-13-23-6-4-18(17)21/h1-3,8,16-18,22H,4-7,10-13H2/t16-,17+,18-,19-/m0/s1. The van der Waals surface area contributed by atoms with Gasteiger partial charge in [-0.3, -0.25) is 4.90 Å². The first-order valence-electron chi connectivity index (χ1n) is 8.81. The molecule has 3 heterocycles. The van der Waals surface area contributed by atoms with Gasteiger partial charge in [-0.2, -0.15) is 5.26 Å². The van der Waals surface area contributed by atoms with Gasteiger partial charge in [-0.25, -0.2) is 0 Å². The summed E-state index contributed by atoms with van der Waals surface area (Å²) in [6, 6.07) is 10.4. The van der Waals surface area contributed by atoms with Gasteiger partial charge in [0.15, 0.2) is 0 Å². The first-order valence-corrected chi connectivity index (χ1v) is 8.81. The van der Waals surface area contributed by atoms with E-state index in [1.54, 1.807) is 0 Å². The van der Waals surface area contributed by atoms with Gasteiger partial charge in [0.2, 0.25) is 0 Å². The first kappa shape index (κ1) is 16.0. The van der Waals surface area contributed by atoms with Crippen LogP contribution in [0.15, 0.2) is 24.3 Å². The molecule has 1 aromatic carbocycles. The van der Waals surface area contributed by atoms with Gasteiger partial charge in [0.25, 0.3) is 0 Å². The first-order chi connectivity index (χ1) is 11.7. The summed E-state index contributed by atoms with van der Waals surface area (Å²) < 4.78 is 11.4. The smallest absolute Gasteiger partial charge is 0.0991 e. The molecule has 0 saturated carbocycles. The average Bonchev–Trinajstić information content (AvgIpc) is 2.63. The Balaban J connectivity index is 1.59. The van der Waals surface area contributed by atoms with Crippen LogP contribution < -0.4 is 0 Å². The van der Waals surface area contributed by atoms with Crippen molar-refractivity contribution in [3.8, 4) is 6.07 Å². The van der Waals surface area contributed by atoms with Gasteiger partial charge in [0.05, 0.1) is 30.4 Å². The summed E-state index contributed by atoms with van der Waals surface area (Å²) in [5.74, 6) is 0.279. The molecule has 128 valence electrons. The zero-order chi connectivity index (χ0) is 16.6. The zero-order valence-corrected chi connectivity index (χ0v) is 13.9. The molecule has 5 heteroatoms. The molecular weight excluding hydrogens is 304 g/mol. The molecule has 1 aromatic rings. The van der Waals surface area contributed by atoms with Crippen LogP contribution in [0.25, 0.3) is 0 Å². The van der Waals surface area contributed by atoms with Gasteiger partial charge in [-0.05, 0) is 24.1 Å². The lowest BCUT2D eigenvalue weighted by atomic mass is 9.66. The third-order valence-electron chi connectivity index (χ3n) is 6.00. The number of rotatable bonds is 2. The Kier molecular flexibility index (Phi) is 4.31. The molecule has 4 atom stereocenters. The molecule has 0 radical (unpaired) electrons. The van der Waals surface area contributed by atoms with Gasteiger partial charge in [0.1, 0.15) is 0 Å². The van der Waals surface area contributed by atoms with Crippen molar-refractivity contribution in [2.75, 3.05) is 33.0 Å². The number of likely N-dealkylation sites (tertiary alicyclic amines) is 1. The lowest BCUT2D eigenvalue weighted by molar-refractivity contribution is -0.221. The zero-order valence-electron chi connectivity index (χ0n) is 13.9. The van der Waals surface area contributed by atoms with E-state index in [2.05, 4.69) is 17.0 Å². The van der Waals surface area contributed by atoms with E-state index in [1.165, 1.54) is 0 Å². The molecular formula is C19H24N2O3. The summed E-state index contributed by atoms with van der Waals surface area (Å²) in [4.78, 5) is 2.47. The van der Waals surface area contributed by atoms with Crippen LogP contribution in [0.3, 0.4) is 0 Å². The maximum absolute atomic E-state index is 11.3. The highest BCUT2D eigenvalue weighted by Crippen LogP contribution is 2.44. The van der Waals surface area contributed by atoms with Crippen LogP contribution in [0.5, 0.6) is 0 Å². The van der Waals surface area contributed by atoms with Crippen LogP contribution in [-0.2, 0) is 16.0 Å². The molecule has 3 aliphatic rings. The van der Waals surface area contributed by atoms with Crippen molar-refractivity contribution < 1.29 is 14.6 Å². The Morgan fingerprint density at radius 1 is 1.29 bits per heavy atom. The molecule has 0 spiro atoms. The van der Waals surface area contributed by atoms with Crippen LogP contribution >= 0.6 is 0 Å². The second kappa shape index (κ2) is 6.45. The van der Waals surface area contributed by atoms with Gasteiger partial charge in [-0.15, -0.1) is 0 Å². The summed E-state index contributed by atoms with van der Waals surface area (Å²) in [5.41, 5.74) is 1.20. The monoisotopic (exact) mass is 328 g/mol. The second-order valence-electron chi connectivity index (χ2n) is 7.29. The third-order valence-corrected chi connectivity index (χ3v) is 6.00. The number of piperidine rings is 1. The van der Waals surface area contributed by atoms with E-state index in [0.717, 1.165) is 31.7 Å². The number of hydrogen-bond donors (Lipinski definition) is 1. The summed E-state index contributed by atoms with van der Waals surface area (Å²) in [5, 5.41) is 20.4. The second-order valence-corrected chi connectivity index (χ2v) is 7.29. The highest BCUT2D eigenvalue weighted by Gasteiger charge is 2.55. The Hall–Kier alpha value is -1.45. The van der Waals surface area contributed by atoms with Gasteiger partial charge in [0, 0.05) is 50.6 Å². The van der Waals surface area contributed by atoms with Crippen molar-refractivity contribution in [2.24, 2.45) is 11.8 Å². The highest BCUT2D eigenvalue weighted by molar-refractivity contribution is 5.32. The van der Waals surface area contributed by atoms with Gasteiger partial charge < -0.3 is 14.6 Å². The van der Waals surface area contributed by atoms with Crippen LogP contribution in [0, 0.1) is 23.2 Å².